The van der Waals surface area contributed by atoms with Crippen LogP contribution in [0.3, 0.4) is 0 Å². The summed E-state index contributed by atoms with van der Waals surface area (Å²) in [5.74, 6) is -4.75. The van der Waals surface area contributed by atoms with Crippen LogP contribution in [0.15, 0.2) is 0 Å². The monoisotopic (exact) mass is 207 g/mol. The molecule has 1 aliphatic rings. The second kappa shape index (κ2) is 3.89. The highest BCUT2D eigenvalue weighted by molar-refractivity contribution is 6.32. The molecule has 0 heterocycles. The molecule has 1 unspecified atom stereocenters. The maximum atomic E-state index is 12.7. The van der Waals surface area contributed by atoms with E-state index in [1.54, 1.807) is 0 Å². The molecule has 0 aliphatic heterocycles. The first-order chi connectivity index (χ1) is 6.44. The highest BCUT2D eigenvalue weighted by atomic mass is 19.3. The van der Waals surface area contributed by atoms with Crippen molar-refractivity contribution in [1.29, 1.82) is 0 Å². The molecule has 1 saturated carbocycles. The molecule has 0 radical (unpaired) electrons. The highest BCUT2D eigenvalue weighted by Crippen LogP contribution is 2.34. The number of carbonyl (C=O) groups excluding carboxylic acids is 2. The summed E-state index contributed by atoms with van der Waals surface area (Å²) >= 11 is 0. The third kappa shape index (κ3) is 2.65. The van der Waals surface area contributed by atoms with Crippen LogP contribution in [0, 0.1) is 0 Å². The topological polar surface area (TPSA) is 55.4 Å². The summed E-state index contributed by atoms with van der Waals surface area (Å²) in [5.41, 5.74) is 0. The fourth-order valence-electron chi connectivity index (χ4n) is 1.41. The van der Waals surface area contributed by atoms with Crippen molar-refractivity contribution in [2.75, 3.05) is 7.11 Å². The Morgan fingerprint density at radius 1 is 1.50 bits per heavy atom. The largest absolute Gasteiger partial charge is 0.462 e. The Hall–Kier alpha value is -1.20. The summed E-state index contributed by atoms with van der Waals surface area (Å²) in [6.45, 7) is 0. The number of hydrogen-bond acceptors (Lipinski definition) is 3. The highest BCUT2D eigenvalue weighted by Gasteiger charge is 2.40. The molecule has 0 aromatic heterocycles. The predicted molar refractivity (Wildman–Crippen MR) is 42.7 cm³/mol. The number of carbonyl (C=O) groups is 2. The van der Waals surface area contributed by atoms with E-state index in [4.69, 9.17) is 0 Å². The molecule has 4 nitrogen and oxygen atoms in total. The second-order valence-corrected chi connectivity index (χ2v) is 3.26. The van der Waals surface area contributed by atoms with Crippen molar-refractivity contribution in [3.63, 3.8) is 0 Å². The average molecular weight is 207 g/mol. The van der Waals surface area contributed by atoms with Gasteiger partial charge in [-0.2, -0.15) is 0 Å². The van der Waals surface area contributed by atoms with E-state index in [1.807, 2.05) is 0 Å². The van der Waals surface area contributed by atoms with E-state index < -0.39 is 30.3 Å². The molecule has 0 spiro atoms. The summed E-state index contributed by atoms with van der Waals surface area (Å²) in [4.78, 5) is 21.5. The minimum Gasteiger partial charge on any atom is -0.462 e. The third-order valence-electron chi connectivity index (χ3n) is 2.11. The SMILES string of the molecule is COC(=O)C(=O)NC1CCC(F)(F)C1. The van der Waals surface area contributed by atoms with Gasteiger partial charge < -0.3 is 10.1 Å². The van der Waals surface area contributed by atoms with Crippen molar-refractivity contribution in [3.05, 3.63) is 0 Å². The van der Waals surface area contributed by atoms with Gasteiger partial charge in [-0.25, -0.2) is 13.6 Å². The summed E-state index contributed by atoms with van der Waals surface area (Å²) < 4.78 is 29.5. The normalized spacial score (nSPS) is 24.4. The first-order valence-electron chi connectivity index (χ1n) is 4.21. The Morgan fingerprint density at radius 3 is 2.57 bits per heavy atom. The molecular weight excluding hydrogens is 196 g/mol. The van der Waals surface area contributed by atoms with Gasteiger partial charge in [0, 0.05) is 18.9 Å². The molecule has 0 aromatic carbocycles. The number of ether oxygens (including phenoxy) is 1. The van der Waals surface area contributed by atoms with Crippen LogP contribution < -0.4 is 5.32 Å². The molecule has 1 atom stereocenters. The van der Waals surface area contributed by atoms with E-state index in [0.29, 0.717) is 0 Å². The van der Waals surface area contributed by atoms with E-state index in [1.165, 1.54) is 0 Å². The molecule has 1 rings (SSSR count). The number of amides is 1. The van der Waals surface area contributed by atoms with E-state index in [2.05, 4.69) is 10.1 Å². The number of esters is 1. The smallest absolute Gasteiger partial charge is 0.396 e. The van der Waals surface area contributed by atoms with Crippen LogP contribution >= 0.6 is 0 Å². The van der Waals surface area contributed by atoms with Gasteiger partial charge in [-0.1, -0.05) is 0 Å². The van der Waals surface area contributed by atoms with Crippen molar-refractivity contribution in [2.45, 2.75) is 31.2 Å². The van der Waals surface area contributed by atoms with Gasteiger partial charge in [0.15, 0.2) is 0 Å². The quantitative estimate of drug-likeness (QED) is 0.502. The van der Waals surface area contributed by atoms with E-state index in [-0.39, 0.29) is 12.8 Å². The number of methoxy groups -OCH3 is 1. The molecule has 6 heteroatoms. The molecule has 0 bridgehead atoms. The molecule has 1 aliphatic carbocycles. The van der Waals surface area contributed by atoms with E-state index in [0.717, 1.165) is 7.11 Å². The zero-order valence-electron chi connectivity index (χ0n) is 7.68. The lowest BCUT2D eigenvalue weighted by atomic mass is 10.2. The van der Waals surface area contributed by atoms with Crippen LogP contribution in [0.4, 0.5) is 8.78 Å². The summed E-state index contributed by atoms with van der Waals surface area (Å²) in [5, 5.41) is 2.19. The van der Waals surface area contributed by atoms with Crippen LogP contribution in [0.5, 0.6) is 0 Å². The molecule has 1 N–H and O–H groups in total. The van der Waals surface area contributed by atoms with Crippen molar-refractivity contribution in [3.8, 4) is 0 Å². The predicted octanol–water partition coefficient (Wildman–Crippen LogP) is 0.463. The molecular formula is C8H11F2NO3. The Balaban J connectivity index is 2.40. The number of alkyl halides is 2. The van der Waals surface area contributed by atoms with Gasteiger partial charge in [-0.15, -0.1) is 0 Å². The molecule has 0 aromatic rings. The Kier molecular flexibility index (Phi) is 3.03. The molecule has 80 valence electrons. The minimum absolute atomic E-state index is 0.190. The number of rotatable bonds is 1. The van der Waals surface area contributed by atoms with Gasteiger partial charge in [-0.3, -0.25) is 4.79 Å². The fourth-order valence-corrected chi connectivity index (χ4v) is 1.41. The maximum absolute atomic E-state index is 12.7. The average Bonchev–Trinajstić information content (AvgIpc) is 2.44. The maximum Gasteiger partial charge on any atom is 0.396 e. The van der Waals surface area contributed by atoms with Crippen molar-refractivity contribution in [1.82, 2.24) is 5.32 Å². The minimum atomic E-state index is -2.73. The van der Waals surface area contributed by atoms with Crippen LogP contribution in [0.2, 0.25) is 0 Å². The number of hydrogen-bond donors (Lipinski definition) is 1. The first kappa shape index (κ1) is 10.9. The van der Waals surface area contributed by atoms with Crippen LogP contribution in [0.25, 0.3) is 0 Å². The molecule has 1 fully saturated rings. The lowest BCUT2D eigenvalue weighted by Crippen LogP contribution is -2.39. The molecule has 14 heavy (non-hydrogen) atoms. The Bertz CT molecular complexity index is 255. The molecule has 0 saturated heterocycles. The van der Waals surface area contributed by atoms with Gasteiger partial charge in [-0.05, 0) is 6.42 Å². The first-order valence-corrected chi connectivity index (χ1v) is 4.21. The van der Waals surface area contributed by atoms with Crippen molar-refractivity contribution >= 4 is 11.9 Å². The van der Waals surface area contributed by atoms with Gasteiger partial charge in [0.05, 0.1) is 7.11 Å². The van der Waals surface area contributed by atoms with Gasteiger partial charge in [0.2, 0.25) is 5.92 Å². The lowest BCUT2D eigenvalue weighted by Gasteiger charge is -2.11. The van der Waals surface area contributed by atoms with Gasteiger partial charge >= 0.3 is 11.9 Å². The molecule has 1 amide bonds. The Morgan fingerprint density at radius 2 is 2.14 bits per heavy atom. The fraction of sp³-hybridized carbons (Fsp3) is 0.750. The summed E-state index contributed by atoms with van der Waals surface area (Å²) in [7, 11) is 1.06. The number of nitrogens with one attached hydrogen (secondary N) is 1. The zero-order valence-corrected chi connectivity index (χ0v) is 7.68. The van der Waals surface area contributed by atoms with Crippen LogP contribution in [-0.2, 0) is 14.3 Å². The van der Waals surface area contributed by atoms with Crippen LogP contribution in [-0.4, -0.2) is 31.0 Å². The van der Waals surface area contributed by atoms with Crippen LogP contribution in [0.1, 0.15) is 19.3 Å². The standard InChI is InChI=1S/C8H11F2NO3/c1-14-7(13)6(12)11-5-2-3-8(9,10)4-5/h5H,2-4H2,1H3,(H,11,12). The summed E-state index contributed by atoms with van der Waals surface area (Å²) in [6.07, 6.45) is -0.468. The van der Waals surface area contributed by atoms with Gasteiger partial charge in [0.25, 0.3) is 0 Å². The Labute approximate surface area is 79.6 Å². The van der Waals surface area contributed by atoms with E-state index >= 15 is 0 Å². The summed E-state index contributed by atoms with van der Waals surface area (Å²) in [6, 6.07) is -0.628. The lowest BCUT2D eigenvalue weighted by molar-refractivity contribution is -0.153. The number of halogens is 2. The van der Waals surface area contributed by atoms with Crippen molar-refractivity contribution in [2.24, 2.45) is 0 Å². The van der Waals surface area contributed by atoms with Crippen molar-refractivity contribution < 1.29 is 23.1 Å². The third-order valence-corrected chi connectivity index (χ3v) is 2.11. The zero-order chi connectivity index (χ0) is 10.8. The second-order valence-electron chi connectivity index (χ2n) is 3.26. The van der Waals surface area contributed by atoms with E-state index in [9.17, 15) is 18.4 Å². The van der Waals surface area contributed by atoms with Gasteiger partial charge in [0.1, 0.15) is 0 Å².